The lowest BCUT2D eigenvalue weighted by atomic mass is 10.1. The van der Waals surface area contributed by atoms with E-state index in [9.17, 15) is 13.8 Å². The van der Waals surface area contributed by atoms with Crippen molar-refractivity contribution in [2.75, 3.05) is 18.6 Å². The first-order valence-electron chi connectivity index (χ1n) is 5.58. The number of carbonyl (C=O) groups excluding carboxylic acids is 1. The summed E-state index contributed by atoms with van der Waals surface area (Å²) < 4.78 is 10.9. The highest BCUT2D eigenvalue weighted by Crippen LogP contribution is 2.07. The van der Waals surface area contributed by atoms with Crippen molar-refractivity contribution in [1.29, 1.82) is 0 Å². The summed E-state index contributed by atoms with van der Waals surface area (Å²) in [6.07, 6.45) is 4.00. The Morgan fingerprint density at radius 2 is 2.16 bits per heavy atom. The van der Waals surface area contributed by atoms with Gasteiger partial charge < -0.3 is 10.4 Å². The Morgan fingerprint density at radius 1 is 1.42 bits per heavy atom. The first-order chi connectivity index (χ1) is 8.99. The molecule has 1 aromatic rings. The Hall–Kier alpha value is -1.95. The quantitative estimate of drug-likeness (QED) is 0.759. The second-order valence-electron chi connectivity index (χ2n) is 3.83. The van der Waals surface area contributed by atoms with Gasteiger partial charge in [-0.05, 0) is 23.8 Å². The molecule has 0 aliphatic heterocycles. The van der Waals surface area contributed by atoms with Crippen LogP contribution in [0, 0.1) is 0 Å². The van der Waals surface area contributed by atoms with E-state index < -0.39 is 16.8 Å². The normalized spacial score (nSPS) is 12.3. The zero-order valence-corrected chi connectivity index (χ0v) is 11.3. The standard InChI is InChI=1S/C13H15NO4S/c1-19(18)8-7-14-13(17)11-4-2-3-10(9-11)5-6-12(15)16/h2-6,9H,7-8H2,1H3,(H,14,17)(H,15,16)/b6-5+. The van der Waals surface area contributed by atoms with E-state index in [1.807, 2.05) is 0 Å². The number of hydrogen-bond donors (Lipinski definition) is 2. The minimum atomic E-state index is -1.04. The zero-order chi connectivity index (χ0) is 14.3. The van der Waals surface area contributed by atoms with Crippen LogP contribution in [0.1, 0.15) is 15.9 Å². The van der Waals surface area contributed by atoms with E-state index in [1.165, 1.54) is 6.08 Å². The summed E-state index contributed by atoms with van der Waals surface area (Å²) in [5.41, 5.74) is 1.07. The van der Waals surface area contributed by atoms with Crippen LogP contribution in [0.2, 0.25) is 0 Å². The predicted molar refractivity (Wildman–Crippen MR) is 74.4 cm³/mol. The molecular formula is C13H15NO4S. The van der Waals surface area contributed by atoms with Crippen molar-refractivity contribution < 1.29 is 18.9 Å². The van der Waals surface area contributed by atoms with Crippen molar-refractivity contribution in [1.82, 2.24) is 5.32 Å². The highest BCUT2D eigenvalue weighted by Gasteiger charge is 2.05. The van der Waals surface area contributed by atoms with E-state index in [0.717, 1.165) is 6.08 Å². The SMILES string of the molecule is CS(=O)CCNC(=O)c1cccc(/C=C/C(=O)O)c1. The highest BCUT2D eigenvalue weighted by atomic mass is 32.2. The first-order valence-corrected chi connectivity index (χ1v) is 7.31. The van der Waals surface area contributed by atoms with Crippen LogP contribution in [-0.2, 0) is 15.6 Å². The van der Waals surface area contributed by atoms with Gasteiger partial charge in [-0.15, -0.1) is 0 Å². The number of amides is 1. The molecule has 6 heteroatoms. The third-order valence-corrected chi connectivity index (χ3v) is 3.02. The number of carboxylic acid groups (broad SMARTS) is 1. The second kappa shape index (κ2) is 7.48. The molecule has 0 radical (unpaired) electrons. The van der Waals surface area contributed by atoms with Crippen LogP contribution in [-0.4, -0.2) is 39.7 Å². The number of hydrogen-bond acceptors (Lipinski definition) is 3. The Labute approximate surface area is 113 Å². The summed E-state index contributed by atoms with van der Waals surface area (Å²) in [5.74, 6) is -0.902. The first kappa shape index (κ1) is 15.1. The molecule has 0 aliphatic carbocycles. The van der Waals surface area contributed by atoms with Crippen molar-refractivity contribution in [3.63, 3.8) is 0 Å². The van der Waals surface area contributed by atoms with Crippen LogP contribution < -0.4 is 5.32 Å². The molecule has 102 valence electrons. The van der Waals surface area contributed by atoms with Crippen LogP contribution >= 0.6 is 0 Å². The Bertz CT molecular complexity index is 525. The predicted octanol–water partition coefficient (Wildman–Crippen LogP) is 0.893. The molecule has 0 saturated heterocycles. The number of benzene rings is 1. The molecule has 0 bridgehead atoms. The van der Waals surface area contributed by atoms with Gasteiger partial charge in [-0.1, -0.05) is 12.1 Å². The fourth-order valence-electron chi connectivity index (χ4n) is 1.36. The Kier molecular flexibility index (Phi) is 5.95. The van der Waals surface area contributed by atoms with E-state index in [2.05, 4.69) is 5.32 Å². The lowest BCUT2D eigenvalue weighted by Gasteiger charge is -2.04. The van der Waals surface area contributed by atoms with Crippen molar-refractivity contribution in [2.45, 2.75) is 0 Å². The minimum absolute atomic E-state index is 0.268. The fraction of sp³-hybridized carbons (Fsp3) is 0.231. The minimum Gasteiger partial charge on any atom is -0.478 e. The molecule has 1 rings (SSSR count). The lowest BCUT2D eigenvalue weighted by molar-refractivity contribution is -0.131. The number of carbonyl (C=O) groups is 2. The summed E-state index contributed by atoms with van der Waals surface area (Å²) in [4.78, 5) is 22.2. The molecule has 1 atom stereocenters. The summed E-state index contributed by atoms with van der Waals surface area (Å²) in [6.45, 7) is 0.344. The fourth-order valence-corrected chi connectivity index (χ4v) is 1.75. The molecule has 1 aromatic carbocycles. The average Bonchev–Trinajstić information content (AvgIpc) is 2.36. The summed E-state index contributed by atoms with van der Waals surface area (Å²) in [5, 5.41) is 11.2. The lowest BCUT2D eigenvalue weighted by Crippen LogP contribution is -2.27. The van der Waals surface area contributed by atoms with E-state index in [-0.39, 0.29) is 5.91 Å². The molecule has 1 unspecified atom stereocenters. The highest BCUT2D eigenvalue weighted by molar-refractivity contribution is 7.84. The summed E-state index contributed by atoms with van der Waals surface area (Å²) in [7, 11) is -0.942. The van der Waals surface area contributed by atoms with Crippen LogP contribution in [0.3, 0.4) is 0 Å². The van der Waals surface area contributed by atoms with Crippen LogP contribution in [0.4, 0.5) is 0 Å². The van der Waals surface area contributed by atoms with E-state index in [4.69, 9.17) is 5.11 Å². The molecule has 2 N–H and O–H groups in total. The van der Waals surface area contributed by atoms with E-state index >= 15 is 0 Å². The summed E-state index contributed by atoms with van der Waals surface area (Å²) >= 11 is 0. The third-order valence-electron chi connectivity index (χ3n) is 2.24. The number of nitrogens with one attached hydrogen (secondary N) is 1. The van der Waals surface area contributed by atoms with E-state index in [0.29, 0.717) is 23.4 Å². The van der Waals surface area contributed by atoms with Crippen LogP contribution in [0.5, 0.6) is 0 Å². The topological polar surface area (TPSA) is 83.5 Å². The Morgan fingerprint density at radius 3 is 2.79 bits per heavy atom. The van der Waals surface area contributed by atoms with E-state index in [1.54, 1.807) is 30.5 Å². The Balaban J connectivity index is 2.67. The monoisotopic (exact) mass is 281 g/mol. The van der Waals surface area contributed by atoms with Crippen LogP contribution in [0.25, 0.3) is 6.08 Å². The summed E-state index contributed by atoms with van der Waals surface area (Å²) in [6, 6.07) is 6.61. The molecular weight excluding hydrogens is 266 g/mol. The molecule has 0 saturated carbocycles. The molecule has 0 fully saturated rings. The number of rotatable bonds is 6. The van der Waals surface area contributed by atoms with Gasteiger partial charge in [0, 0.05) is 41.0 Å². The van der Waals surface area contributed by atoms with Gasteiger partial charge in [-0.25, -0.2) is 4.79 Å². The van der Waals surface area contributed by atoms with Crippen molar-refractivity contribution in [2.24, 2.45) is 0 Å². The molecule has 1 amide bonds. The molecule has 0 aromatic heterocycles. The second-order valence-corrected chi connectivity index (χ2v) is 5.38. The smallest absolute Gasteiger partial charge is 0.328 e. The van der Waals surface area contributed by atoms with Gasteiger partial charge in [-0.2, -0.15) is 0 Å². The van der Waals surface area contributed by atoms with Crippen LogP contribution in [0.15, 0.2) is 30.3 Å². The number of aliphatic carboxylic acids is 1. The molecule has 5 nitrogen and oxygen atoms in total. The maximum Gasteiger partial charge on any atom is 0.328 e. The van der Waals surface area contributed by atoms with Crippen molar-refractivity contribution >= 4 is 28.8 Å². The van der Waals surface area contributed by atoms with Crippen molar-refractivity contribution in [3.05, 3.63) is 41.5 Å². The van der Waals surface area contributed by atoms with Gasteiger partial charge >= 0.3 is 5.97 Å². The molecule has 0 spiro atoms. The van der Waals surface area contributed by atoms with Gasteiger partial charge in [0.05, 0.1) is 0 Å². The zero-order valence-electron chi connectivity index (χ0n) is 10.5. The van der Waals surface area contributed by atoms with Gasteiger partial charge in [0.2, 0.25) is 0 Å². The van der Waals surface area contributed by atoms with Gasteiger partial charge in [-0.3, -0.25) is 9.00 Å². The molecule has 0 heterocycles. The van der Waals surface area contributed by atoms with Crippen molar-refractivity contribution in [3.8, 4) is 0 Å². The third kappa shape index (κ3) is 5.96. The molecule has 19 heavy (non-hydrogen) atoms. The average molecular weight is 281 g/mol. The maximum absolute atomic E-state index is 11.8. The van der Waals surface area contributed by atoms with Gasteiger partial charge in [0.15, 0.2) is 0 Å². The van der Waals surface area contributed by atoms with Gasteiger partial charge in [0.25, 0.3) is 5.91 Å². The van der Waals surface area contributed by atoms with Gasteiger partial charge in [0.1, 0.15) is 0 Å². The number of carboxylic acids is 1. The molecule has 0 aliphatic rings. The largest absolute Gasteiger partial charge is 0.478 e. The maximum atomic E-state index is 11.8.